The number of carbonyl (C=O) groups excluding carboxylic acids is 2. The predicted octanol–water partition coefficient (Wildman–Crippen LogP) is 4.85. The van der Waals surface area contributed by atoms with Crippen LogP contribution in [-0.2, 0) is 9.53 Å². The Hall–Kier alpha value is -2.80. The van der Waals surface area contributed by atoms with Gasteiger partial charge in [0, 0.05) is 49.0 Å². The number of hydrogen-bond donors (Lipinski definition) is 2. The molecular formula is C30H36Cl2F3N5O4. The Kier molecular flexibility index (Phi) is 9.84. The monoisotopic (exact) mass is 657 g/mol. The zero-order chi connectivity index (χ0) is 31.6. The normalized spacial score (nSPS) is 23.2. The summed E-state index contributed by atoms with van der Waals surface area (Å²) in [7, 11) is 0. The summed E-state index contributed by atoms with van der Waals surface area (Å²) in [5.41, 5.74) is -0.984. The Morgan fingerprint density at radius 1 is 1.09 bits per heavy atom. The number of pyridine rings is 1. The lowest BCUT2D eigenvalue weighted by atomic mass is 9.96. The number of halogens is 5. The van der Waals surface area contributed by atoms with E-state index in [0.29, 0.717) is 34.5 Å². The van der Waals surface area contributed by atoms with Gasteiger partial charge < -0.3 is 25.0 Å². The quantitative estimate of drug-likeness (QED) is 0.398. The van der Waals surface area contributed by atoms with Crippen molar-refractivity contribution in [1.29, 1.82) is 0 Å². The molecule has 240 valence electrons. The van der Waals surface area contributed by atoms with Crippen LogP contribution in [0.15, 0.2) is 36.5 Å². The van der Waals surface area contributed by atoms with Crippen molar-refractivity contribution < 1.29 is 32.2 Å². The van der Waals surface area contributed by atoms with Crippen LogP contribution in [0, 0.1) is 0 Å². The number of nitrogens with one attached hydrogen (secondary N) is 2. The minimum Gasteiger partial charge on any atom is -0.476 e. The van der Waals surface area contributed by atoms with Crippen molar-refractivity contribution in [2.75, 3.05) is 37.7 Å². The number of carbonyl (C=O) groups is 2. The smallest absolute Gasteiger partial charge is 0.405 e. The van der Waals surface area contributed by atoms with Crippen LogP contribution in [0.5, 0.6) is 5.75 Å². The maximum absolute atomic E-state index is 13.7. The largest absolute Gasteiger partial charge is 0.476 e. The molecule has 44 heavy (non-hydrogen) atoms. The maximum atomic E-state index is 13.7. The van der Waals surface area contributed by atoms with Crippen LogP contribution in [0.25, 0.3) is 0 Å². The first-order valence-electron chi connectivity index (χ1n) is 14.7. The van der Waals surface area contributed by atoms with Gasteiger partial charge in [-0.1, -0.05) is 23.2 Å². The highest BCUT2D eigenvalue weighted by Gasteiger charge is 2.45. The summed E-state index contributed by atoms with van der Waals surface area (Å²) in [6.45, 7) is 3.58. The first-order valence-corrected chi connectivity index (χ1v) is 15.4. The van der Waals surface area contributed by atoms with E-state index in [-0.39, 0.29) is 55.9 Å². The molecule has 9 nitrogen and oxygen atoms in total. The lowest BCUT2D eigenvalue weighted by Crippen LogP contribution is -2.55. The summed E-state index contributed by atoms with van der Waals surface area (Å²) in [4.78, 5) is 33.9. The van der Waals surface area contributed by atoms with Crippen LogP contribution >= 0.6 is 23.2 Å². The SMILES string of the molecule is CC(C)(Oc1ccc(Cl)cc1Cl)C(=O)NC1CC2CCC(C1)N2c1ccc(C(=O)NCC(N2CCOCC2)C(F)(F)F)cn1. The van der Waals surface area contributed by atoms with E-state index in [1.807, 2.05) is 0 Å². The lowest BCUT2D eigenvalue weighted by Gasteiger charge is -2.40. The van der Waals surface area contributed by atoms with Crippen LogP contribution < -0.4 is 20.3 Å². The Labute approximate surface area is 264 Å². The summed E-state index contributed by atoms with van der Waals surface area (Å²) < 4.78 is 52.1. The van der Waals surface area contributed by atoms with Gasteiger partial charge in [0.25, 0.3) is 11.8 Å². The molecule has 3 aliphatic heterocycles. The van der Waals surface area contributed by atoms with Gasteiger partial charge in [-0.05, 0) is 69.9 Å². The topological polar surface area (TPSA) is 96.0 Å². The maximum Gasteiger partial charge on any atom is 0.405 e. The Morgan fingerprint density at radius 2 is 1.77 bits per heavy atom. The van der Waals surface area contributed by atoms with Gasteiger partial charge in [-0.3, -0.25) is 14.5 Å². The molecule has 14 heteroatoms. The standard InChI is InChI=1S/C30H36Cl2F3N5O4/c1-29(2,44-24-7-4-19(31)13-23(24)32)28(42)38-20-14-21-5-6-22(15-20)40(21)26-8-3-18(16-36-26)27(41)37-17-25(30(33,34)35)39-9-11-43-12-10-39/h3-4,7-8,13,16,20-22,25H,5-6,9-12,14-15,17H2,1-2H3,(H,37,41)(H,38,42). The van der Waals surface area contributed by atoms with Gasteiger partial charge >= 0.3 is 6.18 Å². The zero-order valence-electron chi connectivity index (χ0n) is 24.5. The number of benzene rings is 1. The van der Waals surface area contributed by atoms with Crippen LogP contribution in [0.4, 0.5) is 19.0 Å². The van der Waals surface area contributed by atoms with Crippen molar-refractivity contribution in [3.63, 3.8) is 0 Å². The summed E-state index contributed by atoms with van der Waals surface area (Å²) in [6.07, 6.45) is 0.208. The molecule has 2 aromatic rings. The Bertz CT molecular complexity index is 1330. The van der Waals surface area contributed by atoms with Gasteiger partial charge in [-0.2, -0.15) is 13.2 Å². The fourth-order valence-corrected chi connectivity index (χ4v) is 6.66. The van der Waals surface area contributed by atoms with E-state index in [0.717, 1.165) is 12.8 Å². The molecule has 4 heterocycles. The molecule has 0 spiro atoms. The molecule has 2 N–H and O–H groups in total. The molecule has 3 fully saturated rings. The van der Waals surface area contributed by atoms with Crippen molar-refractivity contribution in [3.05, 3.63) is 52.1 Å². The third kappa shape index (κ3) is 7.52. The molecule has 3 aliphatic rings. The van der Waals surface area contributed by atoms with E-state index in [1.54, 1.807) is 44.2 Å². The Morgan fingerprint density at radius 3 is 2.36 bits per heavy atom. The third-order valence-corrected chi connectivity index (χ3v) is 9.00. The minimum atomic E-state index is -4.48. The molecule has 0 radical (unpaired) electrons. The molecule has 3 saturated heterocycles. The highest BCUT2D eigenvalue weighted by Crippen LogP contribution is 2.39. The van der Waals surface area contributed by atoms with E-state index >= 15 is 0 Å². The van der Waals surface area contributed by atoms with Gasteiger partial charge in [0.2, 0.25) is 0 Å². The van der Waals surface area contributed by atoms with E-state index in [9.17, 15) is 22.8 Å². The lowest BCUT2D eigenvalue weighted by molar-refractivity contribution is -0.189. The molecular weight excluding hydrogens is 622 g/mol. The average Bonchev–Trinajstić information content (AvgIpc) is 3.24. The van der Waals surface area contributed by atoms with E-state index < -0.39 is 30.3 Å². The van der Waals surface area contributed by atoms with Crippen molar-refractivity contribution in [2.24, 2.45) is 0 Å². The number of piperidine rings is 1. The number of amides is 2. The fourth-order valence-electron chi connectivity index (χ4n) is 6.21. The number of fused-ring (bicyclic) bond motifs is 2. The van der Waals surface area contributed by atoms with Crippen molar-refractivity contribution in [2.45, 2.75) is 75.5 Å². The van der Waals surface area contributed by atoms with Gasteiger partial charge in [0.1, 0.15) is 17.6 Å². The highest BCUT2D eigenvalue weighted by atomic mass is 35.5. The van der Waals surface area contributed by atoms with Crippen LogP contribution in [0.3, 0.4) is 0 Å². The summed E-state index contributed by atoms with van der Waals surface area (Å²) >= 11 is 12.2. The highest BCUT2D eigenvalue weighted by molar-refractivity contribution is 6.35. The molecule has 0 saturated carbocycles. The number of alkyl halides is 3. The van der Waals surface area contributed by atoms with E-state index in [4.69, 9.17) is 32.7 Å². The van der Waals surface area contributed by atoms with Crippen molar-refractivity contribution >= 4 is 40.8 Å². The first-order chi connectivity index (χ1) is 20.8. The molecule has 5 rings (SSSR count). The Balaban J connectivity index is 1.16. The molecule has 2 bridgehead atoms. The van der Waals surface area contributed by atoms with Crippen LogP contribution in [-0.4, -0.2) is 90.5 Å². The summed E-state index contributed by atoms with van der Waals surface area (Å²) in [5.74, 6) is 0.199. The van der Waals surface area contributed by atoms with Crippen LogP contribution in [0.2, 0.25) is 10.0 Å². The van der Waals surface area contributed by atoms with Crippen molar-refractivity contribution in [3.8, 4) is 5.75 Å². The third-order valence-electron chi connectivity index (χ3n) is 8.47. The molecule has 1 aromatic heterocycles. The van der Waals surface area contributed by atoms with E-state index in [2.05, 4.69) is 20.5 Å². The van der Waals surface area contributed by atoms with Crippen molar-refractivity contribution in [1.82, 2.24) is 20.5 Å². The molecule has 0 aliphatic carbocycles. The number of nitrogens with zero attached hydrogens (tertiary/aromatic N) is 3. The first kappa shape index (κ1) is 32.6. The van der Waals surface area contributed by atoms with Gasteiger partial charge in [-0.25, -0.2) is 4.98 Å². The fraction of sp³-hybridized carbons (Fsp3) is 0.567. The summed E-state index contributed by atoms with van der Waals surface area (Å²) in [6, 6.07) is 6.59. The van der Waals surface area contributed by atoms with Gasteiger partial charge in [0.15, 0.2) is 5.60 Å². The van der Waals surface area contributed by atoms with Crippen LogP contribution in [0.1, 0.15) is 49.9 Å². The second-order valence-electron chi connectivity index (χ2n) is 11.9. The van der Waals surface area contributed by atoms with Gasteiger partial charge in [0.05, 0.1) is 23.8 Å². The average molecular weight is 659 g/mol. The molecule has 3 atom stereocenters. The number of anilines is 1. The number of aromatic nitrogens is 1. The molecule has 1 aromatic carbocycles. The number of hydrogen-bond acceptors (Lipinski definition) is 7. The second-order valence-corrected chi connectivity index (χ2v) is 12.8. The predicted molar refractivity (Wildman–Crippen MR) is 160 cm³/mol. The number of ether oxygens (including phenoxy) is 2. The molecule has 3 unspecified atom stereocenters. The molecule has 2 amide bonds. The van der Waals surface area contributed by atoms with Gasteiger partial charge in [-0.15, -0.1) is 0 Å². The van der Waals surface area contributed by atoms with E-state index in [1.165, 1.54) is 11.1 Å². The zero-order valence-corrected chi connectivity index (χ0v) is 26.0. The second kappa shape index (κ2) is 13.3. The number of morpholine rings is 1. The summed E-state index contributed by atoms with van der Waals surface area (Å²) in [5, 5.41) is 6.36. The number of rotatable bonds is 9. The minimum absolute atomic E-state index is 0.0575.